The van der Waals surface area contributed by atoms with Gasteiger partial charge in [-0.05, 0) is 42.7 Å². The van der Waals surface area contributed by atoms with Crippen LogP contribution in [-0.2, 0) is 0 Å². The number of unbranched alkanes of at least 4 members (excludes halogenated alkanes) is 1. The molecule has 0 aromatic heterocycles. The first kappa shape index (κ1) is 17.9. The average molecular weight is 300 g/mol. The Morgan fingerprint density at radius 3 is 2.82 bits per heavy atom. The van der Waals surface area contributed by atoms with Crippen molar-refractivity contribution in [2.45, 2.75) is 38.5 Å². The molecule has 2 N–H and O–H groups in total. The molecular weight excluding hydrogens is 275 g/mol. The largest absolute Gasteiger partial charge is 0.405 e. The van der Waals surface area contributed by atoms with Crippen molar-refractivity contribution in [1.82, 2.24) is 0 Å². The van der Waals surface area contributed by atoms with Crippen molar-refractivity contribution < 1.29 is 4.39 Å². The van der Waals surface area contributed by atoms with Gasteiger partial charge in [0.05, 0.1) is 5.70 Å². The predicted octanol–water partition coefficient (Wildman–Crippen LogP) is 5.19. The van der Waals surface area contributed by atoms with Gasteiger partial charge in [0, 0.05) is 11.8 Å². The molecule has 3 heteroatoms. The van der Waals surface area contributed by atoms with Crippen LogP contribution in [0.2, 0.25) is 0 Å². The number of nitrogens with zero attached hydrogens (tertiary/aromatic N) is 1. The number of nitrogens with two attached hydrogens (primary N) is 1. The van der Waals surface area contributed by atoms with Crippen LogP contribution in [0.1, 0.15) is 49.7 Å². The number of hydrogen-bond donors (Lipinski definition) is 1. The van der Waals surface area contributed by atoms with E-state index in [0.717, 1.165) is 31.2 Å². The molecule has 0 spiro atoms. The minimum Gasteiger partial charge on any atom is -0.405 e. The molecule has 0 saturated carbocycles. The first-order valence-electron chi connectivity index (χ1n) is 7.64. The summed E-state index contributed by atoms with van der Waals surface area (Å²) in [7, 11) is 0. The predicted molar refractivity (Wildman–Crippen MR) is 94.3 cm³/mol. The molecule has 0 aliphatic carbocycles. The number of aliphatic imine (C=N–C) groups is 1. The molecule has 2 nitrogen and oxygen atoms in total. The summed E-state index contributed by atoms with van der Waals surface area (Å²) in [5.41, 5.74) is 7.16. The Labute approximate surface area is 133 Å². The molecule has 0 bridgehead atoms. The normalized spacial score (nSPS) is 12.8. The first-order valence-corrected chi connectivity index (χ1v) is 7.64. The van der Waals surface area contributed by atoms with Crippen LogP contribution < -0.4 is 5.73 Å². The van der Waals surface area contributed by atoms with E-state index in [4.69, 9.17) is 5.73 Å². The Bertz CT molecular complexity index is 559. The van der Waals surface area contributed by atoms with Gasteiger partial charge in [0.2, 0.25) is 0 Å². The maximum absolute atomic E-state index is 14.4. The highest BCUT2D eigenvalue weighted by molar-refractivity contribution is 5.79. The van der Waals surface area contributed by atoms with Crippen LogP contribution in [0.4, 0.5) is 4.39 Å². The molecule has 1 rings (SSSR count). The fourth-order valence-corrected chi connectivity index (χ4v) is 2.35. The highest BCUT2D eigenvalue weighted by atomic mass is 19.1. The quantitative estimate of drug-likeness (QED) is 0.494. The van der Waals surface area contributed by atoms with Gasteiger partial charge in [-0.2, -0.15) is 0 Å². The van der Waals surface area contributed by atoms with E-state index in [1.54, 1.807) is 6.08 Å². The number of rotatable bonds is 9. The average Bonchev–Trinajstić information content (AvgIpc) is 2.51. The van der Waals surface area contributed by atoms with Crippen molar-refractivity contribution >= 4 is 11.9 Å². The van der Waals surface area contributed by atoms with Crippen LogP contribution in [0, 0.1) is 5.82 Å². The molecule has 1 atom stereocenters. The fraction of sp³-hybridized carbons (Fsp3) is 0.316. The lowest BCUT2D eigenvalue weighted by molar-refractivity contribution is 0.539. The molecule has 22 heavy (non-hydrogen) atoms. The number of hydrogen-bond acceptors (Lipinski definition) is 2. The summed E-state index contributed by atoms with van der Waals surface area (Å²) in [6.07, 6.45) is 10.3. The maximum Gasteiger partial charge on any atom is 0.127 e. The molecule has 0 heterocycles. The minimum absolute atomic E-state index is 0.184. The van der Waals surface area contributed by atoms with Gasteiger partial charge in [0.25, 0.3) is 0 Å². The van der Waals surface area contributed by atoms with Gasteiger partial charge in [0.15, 0.2) is 0 Å². The molecule has 0 amide bonds. The summed E-state index contributed by atoms with van der Waals surface area (Å²) in [5.74, 6) is -0.0189. The second kappa shape index (κ2) is 9.72. The van der Waals surface area contributed by atoms with E-state index >= 15 is 0 Å². The van der Waals surface area contributed by atoms with Crippen LogP contribution in [0.5, 0.6) is 0 Å². The summed E-state index contributed by atoms with van der Waals surface area (Å²) < 4.78 is 14.4. The molecule has 0 saturated heterocycles. The molecule has 1 aromatic rings. The molecule has 0 fully saturated rings. The summed E-state index contributed by atoms with van der Waals surface area (Å²) in [4.78, 5) is 4.12. The summed E-state index contributed by atoms with van der Waals surface area (Å²) in [5, 5.41) is 0. The van der Waals surface area contributed by atoms with Gasteiger partial charge in [-0.1, -0.05) is 44.6 Å². The second-order valence-electron chi connectivity index (χ2n) is 5.21. The van der Waals surface area contributed by atoms with E-state index < -0.39 is 0 Å². The number of allylic oxidation sites excluding steroid dienone is 2. The van der Waals surface area contributed by atoms with Gasteiger partial charge in [-0.25, -0.2) is 4.39 Å². The van der Waals surface area contributed by atoms with E-state index in [2.05, 4.69) is 25.1 Å². The Kier molecular flexibility index (Phi) is 7.90. The van der Waals surface area contributed by atoms with Crippen LogP contribution in [0.3, 0.4) is 0 Å². The van der Waals surface area contributed by atoms with Crippen LogP contribution in [0.25, 0.3) is 5.70 Å². The Balaban J connectivity index is 2.95. The molecule has 118 valence electrons. The van der Waals surface area contributed by atoms with E-state index in [-0.39, 0.29) is 11.7 Å². The van der Waals surface area contributed by atoms with Gasteiger partial charge in [-0.3, -0.25) is 4.99 Å². The fourth-order valence-electron chi connectivity index (χ4n) is 2.35. The standard InChI is InChI=1S/C19H25FN2/c1-4-6-9-16(8-5-2)18-11-10-17(14-19(18)20)15(3)22-13-7-12-21/h5,7,10-14,16H,2-4,6,8-9,21H2,1H3/b12-7-,22-13-. The SMILES string of the molecule is C=CCC(CCCC)c1ccc(C(=C)/N=C\C=C/N)cc1F. The zero-order chi connectivity index (χ0) is 16.4. The van der Waals surface area contributed by atoms with E-state index in [1.807, 2.05) is 18.2 Å². The zero-order valence-corrected chi connectivity index (χ0v) is 13.3. The molecule has 1 unspecified atom stereocenters. The second-order valence-corrected chi connectivity index (χ2v) is 5.21. The lowest BCUT2D eigenvalue weighted by Gasteiger charge is -2.16. The van der Waals surface area contributed by atoms with Crippen molar-refractivity contribution in [3.8, 4) is 0 Å². The van der Waals surface area contributed by atoms with Crippen LogP contribution in [-0.4, -0.2) is 6.21 Å². The van der Waals surface area contributed by atoms with E-state index in [1.165, 1.54) is 18.5 Å². The highest BCUT2D eigenvalue weighted by Crippen LogP contribution is 2.30. The topological polar surface area (TPSA) is 38.4 Å². The van der Waals surface area contributed by atoms with Gasteiger partial charge >= 0.3 is 0 Å². The number of halogens is 1. The van der Waals surface area contributed by atoms with Crippen molar-refractivity contribution in [2.24, 2.45) is 10.7 Å². The third-order valence-electron chi connectivity index (χ3n) is 3.56. The first-order chi connectivity index (χ1) is 10.6. The Morgan fingerprint density at radius 1 is 1.45 bits per heavy atom. The number of benzene rings is 1. The lowest BCUT2D eigenvalue weighted by Crippen LogP contribution is -2.02. The van der Waals surface area contributed by atoms with Crippen molar-refractivity contribution in [3.05, 3.63) is 66.7 Å². The molecule has 0 aliphatic rings. The molecular formula is C19H25FN2. The van der Waals surface area contributed by atoms with Crippen molar-refractivity contribution in [3.63, 3.8) is 0 Å². The van der Waals surface area contributed by atoms with Gasteiger partial charge < -0.3 is 5.73 Å². The zero-order valence-electron chi connectivity index (χ0n) is 13.3. The Hall–Kier alpha value is -2.16. The molecule has 0 radical (unpaired) electrons. The summed E-state index contributed by atoms with van der Waals surface area (Å²) in [6, 6.07) is 5.21. The maximum atomic E-state index is 14.4. The summed E-state index contributed by atoms with van der Waals surface area (Å²) in [6.45, 7) is 9.76. The van der Waals surface area contributed by atoms with Gasteiger partial charge in [0.1, 0.15) is 5.82 Å². The minimum atomic E-state index is -0.203. The lowest BCUT2D eigenvalue weighted by atomic mass is 9.89. The summed E-state index contributed by atoms with van der Waals surface area (Å²) >= 11 is 0. The van der Waals surface area contributed by atoms with Gasteiger partial charge in [-0.15, -0.1) is 6.58 Å². The molecule has 0 aliphatic heterocycles. The van der Waals surface area contributed by atoms with Crippen LogP contribution in [0.15, 0.2) is 54.7 Å². The van der Waals surface area contributed by atoms with E-state index in [0.29, 0.717) is 11.3 Å². The third-order valence-corrected chi connectivity index (χ3v) is 3.56. The Morgan fingerprint density at radius 2 is 2.23 bits per heavy atom. The smallest absolute Gasteiger partial charge is 0.127 e. The van der Waals surface area contributed by atoms with Crippen LogP contribution >= 0.6 is 0 Å². The van der Waals surface area contributed by atoms with E-state index in [9.17, 15) is 4.39 Å². The van der Waals surface area contributed by atoms with Crippen molar-refractivity contribution in [2.75, 3.05) is 0 Å². The highest BCUT2D eigenvalue weighted by Gasteiger charge is 2.15. The third kappa shape index (κ3) is 5.32. The van der Waals surface area contributed by atoms with Crippen molar-refractivity contribution in [1.29, 1.82) is 0 Å². The molecule has 1 aromatic carbocycles. The monoisotopic (exact) mass is 300 g/mol.